The standard InChI is InChI=1S/C18H23BrFNO4/c1-17(2,3)25-16(24)21-8-4-7-18(11-21,15(22)23)10-12-5-6-13(19)9-14(12)20/h5-6,9H,4,7-8,10-11H2,1-3H3,(H,22,23). The van der Waals surface area contributed by atoms with Gasteiger partial charge in [-0.2, -0.15) is 0 Å². The summed E-state index contributed by atoms with van der Waals surface area (Å²) in [5.41, 5.74) is -1.54. The van der Waals surface area contributed by atoms with E-state index in [1.54, 1.807) is 32.9 Å². The minimum atomic E-state index is -1.22. The van der Waals surface area contributed by atoms with E-state index in [9.17, 15) is 19.1 Å². The van der Waals surface area contributed by atoms with Crippen molar-refractivity contribution in [2.45, 2.75) is 45.6 Å². The Hall–Kier alpha value is -1.63. The van der Waals surface area contributed by atoms with Crippen LogP contribution in [0.25, 0.3) is 0 Å². The van der Waals surface area contributed by atoms with E-state index in [0.29, 0.717) is 29.4 Å². The number of piperidine rings is 1. The summed E-state index contributed by atoms with van der Waals surface area (Å²) >= 11 is 3.19. The summed E-state index contributed by atoms with van der Waals surface area (Å²) in [4.78, 5) is 25.7. The molecule has 1 aliphatic rings. The summed E-state index contributed by atoms with van der Waals surface area (Å²) in [6.45, 7) is 5.73. The Labute approximate surface area is 155 Å². The molecule has 0 aliphatic carbocycles. The second kappa shape index (κ2) is 7.32. The Morgan fingerprint density at radius 1 is 1.40 bits per heavy atom. The van der Waals surface area contributed by atoms with Gasteiger partial charge in [-0.15, -0.1) is 0 Å². The number of nitrogens with zero attached hydrogens (tertiary/aromatic N) is 1. The van der Waals surface area contributed by atoms with Crippen molar-refractivity contribution in [3.63, 3.8) is 0 Å². The van der Waals surface area contributed by atoms with Gasteiger partial charge in [0.15, 0.2) is 0 Å². The molecule has 1 aliphatic heterocycles. The van der Waals surface area contributed by atoms with Crippen LogP contribution in [-0.4, -0.2) is 40.8 Å². The molecule has 1 aromatic rings. The molecule has 1 unspecified atom stereocenters. The van der Waals surface area contributed by atoms with E-state index in [1.807, 2.05) is 0 Å². The van der Waals surface area contributed by atoms with Gasteiger partial charge >= 0.3 is 12.1 Å². The highest BCUT2D eigenvalue weighted by molar-refractivity contribution is 9.10. The minimum Gasteiger partial charge on any atom is -0.481 e. The molecule has 1 fully saturated rings. The molecule has 0 aromatic heterocycles. The van der Waals surface area contributed by atoms with Crippen molar-refractivity contribution < 1.29 is 23.8 Å². The predicted octanol–water partition coefficient (Wildman–Crippen LogP) is 4.23. The SMILES string of the molecule is CC(C)(C)OC(=O)N1CCCC(Cc2ccc(Br)cc2F)(C(=O)O)C1. The van der Waals surface area contributed by atoms with Crippen LogP contribution < -0.4 is 0 Å². The van der Waals surface area contributed by atoms with Crippen molar-refractivity contribution in [1.29, 1.82) is 0 Å². The third-order valence-electron chi connectivity index (χ3n) is 4.23. The molecule has 0 saturated carbocycles. The monoisotopic (exact) mass is 415 g/mol. The molecule has 1 aromatic carbocycles. The number of carbonyl (C=O) groups is 2. The van der Waals surface area contributed by atoms with Gasteiger partial charge in [-0.1, -0.05) is 22.0 Å². The number of hydrogen-bond acceptors (Lipinski definition) is 3. The average molecular weight is 416 g/mol. The first-order valence-corrected chi connectivity index (χ1v) is 8.97. The summed E-state index contributed by atoms with van der Waals surface area (Å²) < 4.78 is 20.1. The van der Waals surface area contributed by atoms with Crippen LogP contribution in [0.3, 0.4) is 0 Å². The molecule has 0 radical (unpaired) electrons. The molecule has 1 atom stereocenters. The molecule has 25 heavy (non-hydrogen) atoms. The van der Waals surface area contributed by atoms with Crippen molar-refractivity contribution in [2.24, 2.45) is 5.41 Å². The Morgan fingerprint density at radius 2 is 2.08 bits per heavy atom. The lowest BCUT2D eigenvalue weighted by molar-refractivity contribution is -0.152. The first-order valence-electron chi connectivity index (χ1n) is 8.18. The maximum atomic E-state index is 14.2. The maximum Gasteiger partial charge on any atom is 0.410 e. The Balaban J connectivity index is 2.23. The van der Waals surface area contributed by atoms with Gasteiger partial charge in [-0.25, -0.2) is 9.18 Å². The number of carbonyl (C=O) groups excluding carboxylic acids is 1. The minimum absolute atomic E-state index is 0.00670. The molecule has 5 nitrogen and oxygen atoms in total. The average Bonchev–Trinajstić information content (AvgIpc) is 2.48. The number of carboxylic acid groups (broad SMARTS) is 1. The molecule has 138 valence electrons. The number of rotatable bonds is 3. The molecule has 2 rings (SSSR count). The summed E-state index contributed by atoms with van der Waals surface area (Å²) in [5, 5.41) is 9.82. The van der Waals surface area contributed by atoms with Crippen molar-refractivity contribution in [1.82, 2.24) is 4.90 Å². The van der Waals surface area contributed by atoms with Gasteiger partial charge in [0.2, 0.25) is 0 Å². The highest BCUT2D eigenvalue weighted by atomic mass is 79.9. The number of hydrogen-bond donors (Lipinski definition) is 1. The lowest BCUT2D eigenvalue weighted by atomic mass is 9.75. The van der Waals surface area contributed by atoms with Crippen molar-refractivity contribution in [2.75, 3.05) is 13.1 Å². The fourth-order valence-corrected chi connectivity index (χ4v) is 3.37. The number of likely N-dealkylation sites (tertiary alicyclic amines) is 1. The van der Waals surface area contributed by atoms with Crippen LogP contribution in [0.1, 0.15) is 39.2 Å². The van der Waals surface area contributed by atoms with Gasteiger partial charge < -0.3 is 14.7 Å². The first kappa shape index (κ1) is 19.7. The van der Waals surface area contributed by atoms with E-state index in [1.165, 1.54) is 11.0 Å². The molecule has 1 amide bonds. The van der Waals surface area contributed by atoms with Gasteiger partial charge in [0.1, 0.15) is 11.4 Å². The maximum absolute atomic E-state index is 14.2. The Kier molecular flexibility index (Phi) is 5.76. The Morgan fingerprint density at radius 3 is 2.64 bits per heavy atom. The van der Waals surface area contributed by atoms with Crippen molar-refractivity contribution >= 4 is 28.0 Å². The molecule has 0 bridgehead atoms. The molecule has 1 heterocycles. The van der Waals surface area contributed by atoms with Gasteiger partial charge in [-0.3, -0.25) is 4.79 Å². The summed E-state index contributed by atoms with van der Waals surface area (Å²) in [6.07, 6.45) is 0.413. The second-order valence-corrected chi connectivity index (χ2v) is 8.42. The van der Waals surface area contributed by atoms with Crippen LogP contribution in [0.2, 0.25) is 0 Å². The molecular weight excluding hydrogens is 393 g/mol. The van der Waals surface area contributed by atoms with E-state index in [4.69, 9.17) is 4.74 Å². The zero-order valence-corrected chi connectivity index (χ0v) is 16.2. The van der Waals surface area contributed by atoms with Crippen molar-refractivity contribution in [3.8, 4) is 0 Å². The zero-order chi connectivity index (χ0) is 18.8. The van der Waals surface area contributed by atoms with Crippen LogP contribution in [-0.2, 0) is 16.0 Å². The van der Waals surface area contributed by atoms with Gasteiger partial charge in [-0.05, 0) is 57.7 Å². The van der Waals surface area contributed by atoms with Gasteiger partial charge in [0, 0.05) is 17.6 Å². The van der Waals surface area contributed by atoms with Crippen LogP contribution in [0.15, 0.2) is 22.7 Å². The Bertz CT molecular complexity index is 674. The quantitative estimate of drug-likeness (QED) is 0.801. The number of amides is 1. The second-order valence-electron chi connectivity index (χ2n) is 7.50. The topological polar surface area (TPSA) is 66.8 Å². The fourth-order valence-electron chi connectivity index (χ4n) is 3.04. The van der Waals surface area contributed by atoms with Gasteiger partial charge in [0.25, 0.3) is 0 Å². The third-order valence-corrected chi connectivity index (χ3v) is 4.72. The van der Waals surface area contributed by atoms with Crippen LogP contribution in [0.4, 0.5) is 9.18 Å². The van der Waals surface area contributed by atoms with E-state index in [0.717, 1.165) is 0 Å². The molecule has 1 saturated heterocycles. The van der Waals surface area contributed by atoms with Gasteiger partial charge in [0.05, 0.1) is 5.41 Å². The lowest BCUT2D eigenvalue weighted by Gasteiger charge is -2.40. The highest BCUT2D eigenvalue weighted by Gasteiger charge is 2.45. The summed E-state index contributed by atoms with van der Waals surface area (Å²) in [6, 6.07) is 4.58. The molecule has 7 heteroatoms. The van der Waals surface area contributed by atoms with Crippen LogP contribution in [0.5, 0.6) is 0 Å². The van der Waals surface area contributed by atoms with E-state index < -0.39 is 28.9 Å². The number of carboxylic acids is 1. The van der Waals surface area contributed by atoms with Crippen LogP contribution >= 0.6 is 15.9 Å². The van der Waals surface area contributed by atoms with E-state index >= 15 is 0 Å². The predicted molar refractivity (Wildman–Crippen MR) is 94.9 cm³/mol. The molecule has 0 spiro atoms. The van der Waals surface area contributed by atoms with E-state index in [-0.39, 0.29) is 13.0 Å². The first-order chi connectivity index (χ1) is 11.5. The van der Waals surface area contributed by atoms with E-state index in [2.05, 4.69) is 15.9 Å². The number of benzene rings is 1. The number of halogens is 2. The number of ether oxygens (including phenoxy) is 1. The summed E-state index contributed by atoms with van der Waals surface area (Å²) in [7, 11) is 0. The summed E-state index contributed by atoms with van der Waals surface area (Å²) in [5.74, 6) is -1.48. The molecule has 1 N–H and O–H groups in total. The fraction of sp³-hybridized carbons (Fsp3) is 0.556. The van der Waals surface area contributed by atoms with Crippen molar-refractivity contribution in [3.05, 3.63) is 34.1 Å². The number of aliphatic carboxylic acids is 1. The van der Waals surface area contributed by atoms with Crippen LogP contribution in [0, 0.1) is 11.2 Å². The normalized spacial score (nSPS) is 21.1. The molecular formula is C18H23BrFNO4. The highest BCUT2D eigenvalue weighted by Crippen LogP contribution is 2.36. The largest absolute Gasteiger partial charge is 0.481 e. The third kappa shape index (κ3) is 4.93. The zero-order valence-electron chi connectivity index (χ0n) is 14.6. The lowest BCUT2D eigenvalue weighted by Crippen LogP contribution is -2.52. The smallest absolute Gasteiger partial charge is 0.410 e.